The summed E-state index contributed by atoms with van der Waals surface area (Å²) in [7, 11) is -4.31. The summed E-state index contributed by atoms with van der Waals surface area (Å²) < 4.78 is 42.4. The summed E-state index contributed by atoms with van der Waals surface area (Å²) in [4.78, 5) is 29.2. The zero-order valence-electron chi connectivity index (χ0n) is 23.9. The summed E-state index contributed by atoms with van der Waals surface area (Å²) in [6, 6.07) is 27.7. The number of carbonyl (C=O) groups is 2. The number of hydrogen-bond donors (Lipinski definition) is 1. The molecule has 224 valence electrons. The van der Waals surface area contributed by atoms with Gasteiger partial charge in [0.05, 0.1) is 10.6 Å². The first-order valence-electron chi connectivity index (χ1n) is 13.8. The zero-order valence-corrected chi connectivity index (χ0v) is 25.4. The molecule has 2 amide bonds. The standard InChI is InChI=1S/C33H33ClFN3O4S/c1-24(2)36-33(40)31(21-25-11-5-3-6-12-25)37(22-26-13-9-10-16-30(26)34)32(39)23-38(28-14-7-4-8-15-28)43(41,42)29-19-17-27(35)18-20-29/h3-20,24,31H,21-23H2,1-2H3,(H,36,40). The van der Waals surface area contributed by atoms with Crippen LogP contribution in [0.2, 0.25) is 5.02 Å². The number of anilines is 1. The third kappa shape index (κ3) is 8.21. The van der Waals surface area contributed by atoms with Gasteiger partial charge in [0.1, 0.15) is 18.4 Å². The van der Waals surface area contributed by atoms with Gasteiger partial charge in [-0.25, -0.2) is 12.8 Å². The van der Waals surface area contributed by atoms with Gasteiger partial charge in [-0.05, 0) is 67.4 Å². The largest absolute Gasteiger partial charge is 0.352 e. The number of hydrogen-bond acceptors (Lipinski definition) is 4. The van der Waals surface area contributed by atoms with Crippen LogP contribution in [-0.2, 0) is 32.6 Å². The predicted octanol–water partition coefficient (Wildman–Crippen LogP) is 5.84. The lowest BCUT2D eigenvalue weighted by Crippen LogP contribution is -2.54. The van der Waals surface area contributed by atoms with Crippen LogP contribution in [0.5, 0.6) is 0 Å². The number of halogens is 2. The van der Waals surface area contributed by atoms with E-state index in [9.17, 15) is 22.4 Å². The highest BCUT2D eigenvalue weighted by molar-refractivity contribution is 7.92. The second-order valence-corrected chi connectivity index (χ2v) is 12.6. The lowest BCUT2D eigenvalue weighted by molar-refractivity contribution is -0.140. The van der Waals surface area contributed by atoms with Crippen LogP contribution in [0.3, 0.4) is 0 Å². The van der Waals surface area contributed by atoms with Crippen LogP contribution in [0.25, 0.3) is 0 Å². The zero-order chi connectivity index (χ0) is 31.0. The van der Waals surface area contributed by atoms with E-state index in [1.165, 1.54) is 4.90 Å². The Morgan fingerprint density at radius 1 is 0.837 bits per heavy atom. The van der Waals surface area contributed by atoms with Crippen molar-refractivity contribution in [1.82, 2.24) is 10.2 Å². The number of nitrogens with zero attached hydrogens (tertiary/aromatic N) is 2. The maximum Gasteiger partial charge on any atom is 0.264 e. The molecule has 4 aromatic rings. The Morgan fingerprint density at radius 3 is 2.02 bits per heavy atom. The molecule has 43 heavy (non-hydrogen) atoms. The van der Waals surface area contributed by atoms with Gasteiger partial charge in [-0.1, -0.05) is 78.3 Å². The smallest absolute Gasteiger partial charge is 0.264 e. The van der Waals surface area contributed by atoms with Gasteiger partial charge in [-0.15, -0.1) is 0 Å². The van der Waals surface area contributed by atoms with Crippen molar-refractivity contribution >= 4 is 39.1 Å². The number of amides is 2. The molecule has 0 aromatic heterocycles. The van der Waals surface area contributed by atoms with E-state index in [4.69, 9.17) is 11.6 Å². The average Bonchev–Trinajstić information content (AvgIpc) is 2.99. The molecule has 0 aliphatic carbocycles. The van der Waals surface area contributed by atoms with Gasteiger partial charge in [0.15, 0.2) is 0 Å². The minimum absolute atomic E-state index is 0.0409. The second kappa shape index (κ2) is 14.3. The number of carbonyl (C=O) groups excluding carboxylic acids is 2. The first-order valence-corrected chi connectivity index (χ1v) is 15.6. The predicted molar refractivity (Wildman–Crippen MR) is 167 cm³/mol. The summed E-state index contributed by atoms with van der Waals surface area (Å²) in [6.07, 6.45) is 0.186. The molecule has 0 fully saturated rings. The Balaban J connectivity index is 1.79. The highest BCUT2D eigenvalue weighted by Gasteiger charge is 2.35. The van der Waals surface area contributed by atoms with E-state index in [2.05, 4.69) is 5.32 Å². The summed E-state index contributed by atoms with van der Waals surface area (Å²) in [5.74, 6) is -1.59. The number of para-hydroxylation sites is 1. The highest BCUT2D eigenvalue weighted by atomic mass is 35.5. The average molecular weight is 622 g/mol. The molecule has 1 N–H and O–H groups in total. The molecule has 0 aliphatic heterocycles. The molecule has 4 rings (SSSR count). The Hall–Kier alpha value is -4.21. The summed E-state index contributed by atoms with van der Waals surface area (Å²) in [6.45, 7) is 2.99. The van der Waals surface area contributed by atoms with Crippen LogP contribution in [0.15, 0.2) is 114 Å². The minimum atomic E-state index is -4.31. The summed E-state index contributed by atoms with van der Waals surface area (Å²) in [5.41, 5.74) is 1.66. The molecule has 0 aliphatic rings. The first-order chi connectivity index (χ1) is 20.6. The van der Waals surface area contributed by atoms with Gasteiger partial charge >= 0.3 is 0 Å². The van der Waals surface area contributed by atoms with Crippen LogP contribution in [0.4, 0.5) is 10.1 Å². The van der Waals surface area contributed by atoms with Crippen LogP contribution in [-0.4, -0.2) is 43.8 Å². The maximum absolute atomic E-state index is 14.3. The first kappa shape index (κ1) is 31.7. The minimum Gasteiger partial charge on any atom is -0.352 e. The van der Waals surface area contributed by atoms with E-state index in [0.29, 0.717) is 10.6 Å². The van der Waals surface area contributed by atoms with Gasteiger partial charge in [0.25, 0.3) is 10.0 Å². The van der Waals surface area contributed by atoms with Gasteiger partial charge in [-0.2, -0.15) is 0 Å². The fraction of sp³-hybridized carbons (Fsp3) is 0.212. The monoisotopic (exact) mass is 621 g/mol. The quantitative estimate of drug-likeness (QED) is 0.215. The summed E-state index contributed by atoms with van der Waals surface area (Å²) in [5, 5.41) is 3.32. The van der Waals surface area contributed by atoms with Crippen molar-refractivity contribution < 1.29 is 22.4 Å². The molecule has 0 radical (unpaired) electrons. The van der Waals surface area contributed by atoms with Crippen molar-refractivity contribution in [2.24, 2.45) is 0 Å². The topological polar surface area (TPSA) is 86.8 Å². The third-order valence-electron chi connectivity index (χ3n) is 6.73. The number of rotatable bonds is 12. The van der Waals surface area contributed by atoms with E-state index in [-0.39, 0.29) is 35.5 Å². The summed E-state index contributed by atoms with van der Waals surface area (Å²) >= 11 is 6.49. The number of benzene rings is 4. The van der Waals surface area contributed by atoms with Gasteiger partial charge in [-0.3, -0.25) is 13.9 Å². The SMILES string of the molecule is CC(C)NC(=O)C(Cc1ccccc1)N(Cc1ccccc1Cl)C(=O)CN(c1ccccc1)S(=O)(=O)c1ccc(F)cc1. The second-order valence-electron chi connectivity index (χ2n) is 10.3. The normalized spacial score (nSPS) is 12.0. The number of nitrogens with one attached hydrogen (secondary N) is 1. The van der Waals surface area contributed by atoms with Crippen molar-refractivity contribution in [3.63, 3.8) is 0 Å². The molecule has 1 atom stereocenters. The van der Waals surface area contributed by atoms with Crippen LogP contribution >= 0.6 is 11.6 Å². The van der Waals surface area contributed by atoms with E-state index in [1.54, 1.807) is 54.6 Å². The van der Waals surface area contributed by atoms with Crippen molar-refractivity contribution in [1.29, 1.82) is 0 Å². The molecule has 1 unspecified atom stereocenters. The van der Waals surface area contributed by atoms with Crippen molar-refractivity contribution in [3.8, 4) is 0 Å². The lowest BCUT2D eigenvalue weighted by Gasteiger charge is -2.34. The van der Waals surface area contributed by atoms with E-state index >= 15 is 0 Å². The number of sulfonamides is 1. The van der Waals surface area contributed by atoms with Crippen LogP contribution in [0, 0.1) is 5.82 Å². The van der Waals surface area contributed by atoms with Crippen molar-refractivity contribution in [2.75, 3.05) is 10.8 Å². The molecule has 0 spiro atoms. The van der Waals surface area contributed by atoms with Crippen molar-refractivity contribution in [2.45, 2.75) is 43.8 Å². The third-order valence-corrected chi connectivity index (χ3v) is 8.88. The Morgan fingerprint density at radius 2 is 1.42 bits per heavy atom. The van der Waals surface area contributed by atoms with E-state index in [1.807, 2.05) is 44.2 Å². The van der Waals surface area contributed by atoms with Gasteiger partial charge < -0.3 is 10.2 Å². The lowest BCUT2D eigenvalue weighted by atomic mass is 10.0. The Bertz CT molecular complexity index is 1640. The maximum atomic E-state index is 14.3. The Labute approximate surface area is 257 Å². The fourth-order valence-corrected chi connectivity index (χ4v) is 6.21. The molecular formula is C33H33ClFN3O4S. The van der Waals surface area contributed by atoms with Gasteiger partial charge in [0, 0.05) is 24.0 Å². The van der Waals surface area contributed by atoms with Crippen LogP contribution in [0.1, 0.15) is 25.0 Å². The molecule has 0 heterocycles. The highest BCUT2D eigenvalue weighted by Crippen LogP contribution is 2.26. The molecule has 7 nitrogen and oxygen atoms in total. The molecule has 0 bridgehead atoms. The van der Waals surface area contributed by atoms with Crippen LogP contribution < -0.4 is 9.62 Å². The molecule has 0 saturated heterocycles. The molecule has 4 aromatic carbocycles. The molecular weight excluding hydrogens is 589 g/mol. The van der Waals surface area contributed by atoms with Gasteiger partial charge in [0.2, 0.25) is 11.8 Å². The van der Waals surface area contributed by atoms with Crippen molar-refractivity contribution in [3.05, 3.63) is 131 Å². The van der Waals surface area contributed by atoms with E-state index < -0.39 is 34.3 Å². The molecule has 0 saturated carbocycles. The Kier molecular flexibility index (Phi) is 10.6. The fourth-order valence-electron chi connectivity index (χ4n) is 4.60. The molecule has 10 heteroatoms. The van der Waals surface area contributed by atoms with E-state index in [0.717, 1.165) is 34.1 Å².